The molecule has 0 aliphatic heterocycles. The van der Waals surface area contributed by atoms with E-state index in [9.17, 15) is 9.50 Å². The smallest absolute Gasteiger partial charge is 0.124 e. The van der Waals surface area contributed by atoms with Crippen LogP contribution >= 0.6 is 11.8 Å². The van der Waals surface area contributed by atoms with E-state index >= 15 is 0 Å². The molecule has 0 aliphatic rings. The van der Waals surface area contributed by atoms with Gasteiger partial charge in [-0.15, -0.1) is 0 Å². The number of nitrogens with zero attached hydrogens (tertiary/aromatic N) is 1. The summed E-state index contributed by atoms with van der Waals surface area (Å²) in [6.07, 6.45) is 1.91. The summed E-state index contributed by atoms with van der Waals surface area (Å²) in [5.74, 6) is 0.145. The molecule has 0 saturated carbocycles. The monoisotopic (exact) mass is 254 g/mol. The van der Waals surface area contributed by atoms with Crippen molar-refractivity contribution in [2.24, 2.45) is 0 Å². The van der Waals surface area contributed by atoms with Gasteiger partial charge in [-0.3, -0.25) is 0 Å². The highest BCUT2D eigenvalue weighted by Gasteiger charge is 2.19. The fraction of sp³-hybridized carbons (Fsp3) is 0.417. The highest BCUT2D eigenvalue weighted by molar-refractivity contribution is 7.98. The van der Waals surface area contributed by atoms with Crippen LogP contribution in [0.15, 0.2) is 18.2 Å². The quantitative estimate of drug-likeness (QED) is 0.846. The molecule has 1 unspecified atom stereocenters. The van der Waals surface area contributed by atoms with Gasteiger partial charge in [-0.05, 0) is 31.4 Å². The average Bonchev–Trinajstić information content (AvgIpc) is 2.27. The summed E-state index contributed by atoms with van der Waals surface area (Å²) in [4.78, 5) is 0. The lowest BCUT2D eigenvalue weighted by Gasteiger charge is -2.23. The maximum Gasteiger partial charge on any atom is 0.124 e. The Labute approximate surface area is 105 Å². The van der Waals surface area contributed by atoms with Gasteiger partial charge in [-0.2, -0.15) is 17.0 Å². The van der Waals surface area contributed by atoms with Crippen molar-refractivity contribution in [2.75, 3.05) is 23.9 Å². The number of hydrogen-bond acceptors (Lipinski definition) is 4. The summed E-state index contributed by atoms with van der Waals surface area (Å²) in [6, 6.07) is 5.87. The Bertz CT molecular complexity index is 429. The number of benzene rings is 1. The zero-order valence-corrected chi connectivity index (χ0v) is 10.6. The Morgan fingerprint density at radius 3 is 2.88 bits per heavy atom. The summed E-state index contributed by atoms with van der Waals surface area (Å²) in [5.41, 5.74) is -0.0826. The molecule has 1 rings (SSSR count). The second-order valence-electron chi connectivity index (χ2n) is 4.09. The fourth-order valence-electron chi connectivity index (χ4n) is 1.41. The maximum atomic E-state index is 12.9. The van der Waals surface area contributed by atoms with Crippen LogP contribution in [0.5, 0.6) is 0 Å². The first kappa shape index (κ1) is 13.8. The van der Waals surface area contributed by atoms with E-state index in [4.69, 9.17) is 5.26 Å². The van der Waals surface area contributed by atoms with Gasteiger partial charge in [0, 0.05) is 12.3 Å². The molecule has 1 aromatic rings. The molecule has 0 spiro atoms. The molecule has 0 aromatic heterocycles. The molecular formula is C12H15FN2OS. The molecular weight excluding hydrogens is 239 g/mol. The van der Waals surface area contributed by atoms with Crippen LogP contribution in [-0.2, 0) is 0 Å². The van der Waals surface area contributed by atoms with Gasteiger partial charge >= 0.3 is 0 Å². The highest BCUT2D eigenvalue weighted by Crippen LogP contribution is 2.18. The number of hydrogen-bond donors (Lipinski definition) is 2. The standard InChI is InChI=1S/C12H15FN2OS/c1-12(16,8-17-2)7-15-11-4-3-10(13)5-9(11)6-14/h3-5,15-16H,7-8H2,1-2H3. The fourth-order valence-corrected chi connectivity index (χ4v) is 2.13. The summed E-state index contributed by atoms with van der Waals surface area (Å²) >= 11 is 1.54. The van der Waals surface area contributed by atoms with Crippen LogP contribution in [0, 0.1) is 17.1 Å². The van der Waals surface area contributed by atoms with E-state index in [1.54, 1.807) is 18.7 Å². The number of aliphatic hydroxyl groups is 1. The van der Waals surface area contributed by atoms with Crippen LogP contribution in [0.1, 0.15) is 12.5 Å². The van der Waals surface area contributed by atoms with Gasteiger partial charge in [0.2, 0.25) is 0 Å². The lowest BCUT2D eigenvalue weighted by molar-refractivity contribution is 0.0997. The van der Waals surface area contributed by atoms with Crippen molar-refractivity contribution in [3.8, 4) is 6.07 Å². The lowest BCUT2D eigenvalue weighted by atomic mass is 10.1. The first-order chi connectivity index (χ1) is 7.98. The third-order valence-electron chi connectivity index (χ3n) is 2.22. The van der Waals surface area contributed by atoms with Crippen molar-refractivity contribution in [3.63, 3.8) is 0 Å². The van der Waals surface area contributed by atoms with Gasteiger partial charge in [0.05, 0.1) is 16.9 Å². The predicted molar refractivity (Wildman–Crippen MR) is 68.6 cm³/mol. The first-order valence-electron chi connectivity index (χ1n) is 5.13. The molecule has 1 atom stereocenters. The molecule has 0 aliphatic carbocycles. The van der Waals surface area contributed by atoms with Crippen molar-refractivity contribution >= 4 is 17.4 Å². The van der Waals surface area contributed by atoms with E-state index in [2.05, 4.69) is 5.32 Å². The predicted octanol–water partition coefficient (Wildman–Crippen LogP) is 2.22. The SMILES string of the molecule is CSCC(C)(O)CNc1ccc(F)cc1C#N. The molecule has 2 N–H and O–H groups in total. The Morgan fingerprint density at radius 1 is 1.59 bits per heavy atom. The van der Waals surface area contributed by atoms with E-state index in [1.807, 2.05) is 12.3 Å². The third kappa shape index (κ3) is 4.25. The van der Waals surface area contributed by atoms with Crippen LogP contribution in [0.4, 0.5) is 10.1 Å². The molecule has 1 aromatic carbocycles. The third-order valence-corrected chi connectivity index (χ3v) is 3.13. The van der Waals surface area contributed by atoms with Crippen molar-refractivity contribution in [1.29, 1.82) is 5.26 Å². The Balaban J connectivity index is 2.73. The minimum absolute atomic E-state index is 0.241. The van der Waals surface area contributed by atoms with Crippen molar-refractivity contribution in [2.45, 2.75) is 12.5 Å². The number of halogens is 1. The summed E-state index contributed by atoms with van der Waals surface area (Å²) in [7, 11) is 0. The normalized spacial score (nSPS) is 13.8. The molecule has 92 valence electrons. The lowest BCUT2D eigenvalue weighted by Crippen LogP contribution is -2.36. The van der Waals surface area contributed by atoms with E-state index in [1.165, 1.54) is 18.2 Å². The van der Waals surface area contributed by atoms with Gasteiger partial charge in [-0.25, -0.2) is 4.39 Å². The molecule has 0 fully saturated rings. The molecule has 0 heterocycles. The summed E-state index contributed by atoms with van der Waals surface area (Å²) < 4.78 is 12.9. The Morgan fingerprint density at radius 2 is 2.29 bits per heavy atom. The number of rotatable bonds is 5. The van der Waals surface area contributed by atoms with Gasteiger partial charge in [0.25, 0.3) is 0 Å². The van der Waals surface area contributed by atoms with Crippen molar-refractivity contribution in [1.82, 2.24) is 0 Å². The summed E-state index contributed by atoms with van der Waals surface area (Å²) in [6.45, 7) is 2.03. The van der Waals surface area contributed by atoms with Gasteiger partial charge in [0.15, 0.2) is 0 Å². The number of anilines is 1. The second kappa shape index (κ2) is 5.89. The van der Waals surface area contributed by atoms with E-state index < -0.39 is 11.4 Å². The molecule has 0 bridgehead atoms. The topological polar surface area (TPSA) is 56.0 Å². The van der Waals surface area contributed by atoms with Gasteiger partial charge in [-0.1, -0.05) is 0 Å². The van der Waals surface area contributed by atoms with Gasteiger partial charge in [0.1, 0.15) is 11.9 Å². The van der Waals surface area contributed by atoms with Crippen molar-refractivity contribution < 1.29 is 9.50 Å². The molecule has 0 saturated heterocycles. The number of nitrogens with one attached hydrogen (secondary N) is 1. The molecule has 17 heavy (non-hydrogen) atoms. The first-order valence-corrected chi connectivity index (χ1v) is 6.53. The van der Waals surface area contributed by atoms with Crippen LogP contribution in [0.2, 0.25) is 0 Å². The second-order valence-corrected chi connectivity index (χ2v) is 4.95. The molecule has 5 heteroatoms. The summed E-state index contributed by atoms with van der Waals surface area (Å²) in [5, 5.41) is 21.8. The maximum absolute atomic E-state index is 12.9. The highest BCUT2D eigenvalue weighted by atomic mass is 32.2. The average molecular weight is 254 g/mol. The Kier molecular flexibility index (Phi) is 4.79. The van der Waals surface area contributed by atoms with Gasteiger partial charge < -0.3 is 10.4 Å². The minimum atomic E-state index is -0.861. The minimum Gasteiger partial charge on any atom is -0.387 e. The van der Waals surface area contributed by atoms with E-state index in [-0.39, 0.29) is 5.56 Å². The van der Waals surface area contributed by atoms with E-state index in [0.29, 0.717) is 18.0 Å². The Hall–Kier alpha value is -1.25. The van der Waals surface area contributed by atoms with Crippen LogP contribution < -0.4 is 5.32 Å². The number of thioether (sulfide) groups is 1. The molecule has 0 amide bonds. The van der Waals surface area contributed by atoms with Crippen LogP contribution in [-0.4, -0.2) is 29.3 Å². The molecule has 3 nitrogen and oxygen atoms in total. The zero-order valence-electron chi connectivity index (χ0n) is 9.83. The van der Waals surface area contributed by atoms with E-state index in [0.717, 1.165) is 0 Å². The zero-order chi connectivity index (χ0) is 12.9. The van der Waals surface area contributed by atoms with Crippen LogP contribution in [0.3, 0.4) is 0 Å². The number of nitriles is 1. The van der Waals surface area contributed by atoms with Crippen molar-refractivity contribution in [3.05, 3.63) is 29.6 Å². The largest absolute Gasteiger partial charge is 0.387 e. The van der Waals surface area contributed by atoms with Crippen LogP contribution in [0.25, 0.3) is 0 Å². The molecule has 0 radical (unpaired) electrons.